The number of nitrogens with two attached hydrogens (primary N) is 1. The summed E-state index contributed by atoms with van der Waals surface area (Å²) in [6.45, 7) is 10.4. The second-order valence-electron chi connectivity index (χ2n) is 12.6. The van der Waals surface area contributed by atoms with Crippen molar-refractivity contribution in [1.29, 1.82) is 0 Å². The van der Waals surface area contributed by atoms with Crippen molar-refractivity contribution < 1.29 is 28.5 Å². The van der Waals surface area contributed by atoms with Gasteiger partial charge in [0.1, 0.15) is 22.6 Å². The molecule has 284 valence electrons. The minimum Gasteiger partial charge on any atom is -0.477 e. The molecule has 1 fully saturated rings. The number of aryl methyl sites for hydroxylation is 1. The predicted molar refractivity (Wildman–Crippen MR) is 193 cm³/mol. The van der Waals surface area contributed by atoms with Crippen molar-refractivity contribution in [2.45, 2.75) is 46.3 Å². The Labute approximate surface area is 302 Å². The Morgan fingerprint density at radius 1 is 1.00 bits per heavy atom. The van der Waals surface area contributed by atoms with Crippen LogP contribution in [0.5, 0.6) is 6.01 Å². The van der Waals surface area contributed by atoms with E-state index in [1.807, 2.05) is 18.7 Å². The zero-order chi connectivity index (χ0) is 37.5. The van der Waals surface area contributed by atoms with E-state index >= 15 is 4.39 Å². The van der Waals surface area contributed by atoms with E-state index < -0.39 is 22.9 Å². The van der Waals surface area contributed by atoms with Crippen molar-refractivity contribution in [2.24, 2.45) is 0 Å². The highest BCUT2D eigenvalue weighted by Gasteiger charge is 2.23. The molecule has 0 aliphatic carbocycles. The number of nitrogens with zero attached hydrogens (tertiary/aromatic N) is 9. The molecule has 0 unspecified atom stereocenters. The van der Waals surface area contributed by atoms with Crippen molar-refractivity contribution in [1.82, 2.24) is 44.0 Å². The number of carboxylic acid groups (broad SMARTS) is 1. The average molecular weight is 738 g/mol. The van der Waals surface area contributed by atoms with E-state index in [4.69, 9.17) is 19.9 Å². The molecule has 5 heterocycles. The van der Waals surface area contributed by atoms with Gasteiger partial charge in [0.15, 0.2) is 11.5 Å². The van der Waals surface area contributed by atoms with Crippen LogP contribution in [0, 0.1) is 5.82 Å². The first kappa shape index (κ1) is 37.4. The average Bonchev–Trinajstić information content (AvgIpc) is 3.73. The lowest BCUT2D eigenvalue weighted by atomic mass is 10.1. The quantitative estimate of drug-likeness (QED) is 0.109. The number of imidazole rings is 1. The zero-order valence-electron chi connectivity index (χ0n) is 29.8. The number of anilines is 2. The Hall–Kier alpha value is -5.40. The van der Waals surface area contributed by atoms with Crippen molar-refractivity contribution in [3.63, 3.8) is 0 Å². The molecule has 0 radical (unpaired) electrons. The van der Waals surface area contributed by atoms with Crippen LogP contribution >= 0.6 is 0 Å². The van der Waals surface area contributed by atoms with E-state index in [9.17, 15) is 19.5 Å². The number of aromatic carboxylic acids is 1. The molecule has 1 aliphatic heterocycles. The van der Waals surface area contributed by atoms with Crippen molar-refractivity contribution >= 4 is 39.5 Å². The fourth-order valence-corrected chi connectivity index (χ4v) is 6.17. The fourth-order valence-electron chi connectivity index (χ4n) is 6.17. The summed E-state index contributed by atoms with van der Waals surface area (Å²) in [6.07, 6.45) is 4.85. The van der Waals surface area contributed by atoms with Crippen LogP contribution in [0.25, 0.3) is 22.1 Å². The number of H-pyrrole nitrogens is 1. The first-order valence-electron chi connectivity index (χ1n) is 17.7. The Morgan fingerprint density at radius 2 is 1.75 bits per heavy atom. The molecule has 53 heavy (non-hydrogen) atoms. The third-order valence-corrected chi connectivity index (χ3v) is 9.09. The number of ether oxygens (including phenoxy) is 3. The smallest absolute Gasteiger partial charge is 0.341 e. The van der Waals surface area contributed by atoms with Crippen LogP contribution in [0.3, 0.4) is 0 Å². The number of nitrogens with one attached hydrogen (secondary N) is 1. The molecule has 19 heteroatoms. The number of halogens is 1. The van der Waals surface area contributed by atoms with Gasteiger partial charge in [0.2, 0.25) is 5.43 Å². The van der Waals surface area contributed by atoms with Gasteiger partial charge in [-0.1, -0.05) is 18.6 Å². The number of aromatic amines is 1. The highest BCUT2D eigenvalue weighted by atomic mass is 19.1. The maximum atomic E-state index is 15.2. The van der Waals surface area contributed by atoms with E-state index in [0.717, 1.165) is 18.9 Å². The SMILES string of the molecule is CCCCOc1nc(N)c2[nH]c(=O)n(Cc3cn(CCOCCOCCN4CCN(c5cc6c(cc5F)c(=O)c(C(=O)O)cn6CC)CC4)nn3)c2n1. The van der Waals surface area contributed by atoms with Crippen LogP contribution in [0.2, 0.25) is 0 Å². The zero-order valence-corrected chi connectivity index (χ0v) is 29.8. The number of nitrogen functional groups attached to an aromatic ring is 1. The predicted octanol–water partition coefficient (Wildman–Crippen LogP) is 1.55. The lowest BCUT2D eigenvalue weighted by molar-refractivity contribution is 0.0349. The molecular formula is C34H44FN11O7. The van der Waals surface area contributed by atoms with Crippen molar-refractivity contribution in [3.05, 3.63) is 62.3 Å². The molecule has 1 aliphatic rings. The van der Waals surface area contributed by atoms with E-state index in [1.54, 1.807) is 21.5 Å². The number of carbonyl (C=O) groups is 1. The summed E-state index contributed by atoms with van der Waals surface area (Å²) in [5.74, 6) is -1.75. The maximum absolute atomic E-state index is 15.2. The second-order valence-corrected chi connectivity index (χ2v) is 12.6. The molecule has 4 aromatic heterocycles. The summed E-state index contributed by atoms with van der Waals surface area (Å²) >= 11 is 0. The van der Waals surface area contributed by atoms with Crippen molar-refractivity contribution in [2.75, 3.05) is 76.4 Å². The van der Waals surface area contributed by atoms with Crippen LogP contribution in [0.1, 0.15) is 42.7 Å². The first-order valence-corrected chi connectivity index (χ1v) is 17.7. The molecule has 0 amide bonds. The molecule has 0 spiro atoms. The van der Waals surface area contributed by atoms with E-state index in [1.165, 1.54) is 10.8 Å². The largest absolute Gasteiger partial charge is 0.477 e. The highest BCUT2D eigenvalue weighted by Crippen LogP contribution is 2.26. The van der Waals surface area contributed by atoms with Gasteiger partial charge in [0.05, 0.1) is 63.5 Å². The number of piperazine rings is 1. The standard InChI is InChI=1S/C34H44FN11O7/c1-3-5-12-53-33-38-30(36)28-31(39-33)46(34(50)37-28)20-22-19-45(41-40-22)11-14-52-16-15-51-13-10-42-6-8-44(9-7-42)27-18-26-23(17-25(27)35)29(47)24(32(48)49)21-43(26)4-2/h17-19,21H,3-16,20H2,1-2H3,(H,37,50)(H,48,49)(H2,36,38,39). The number of unbranched alkanes of at least 4 members (excludes halogenated alkanes) is 1. The summed E-state index contributed by atoms with van der Waals surface area (Å²) in [5.41, 5.74) is 6.71. The number of hydrogen-bond donors (Lipinski definition) is 3. The van der Waals surface area contributed by atoms with Gasteiger partial charge < -0.3 is 39.5 Å². The van der Waals surface area contributed by atoms with Gasteiger partial charge in [0.25, 0.3) is 0 Å². The summed E-state index contributed by atoms with van der Waals surface area (Å²) in [7, 11) is 0. The number of hydrogen-bond acceptors (Lipinski definition) is 13. The Balaban J connectivity index is 0.896. The molecule has 0 atom stereocenters. The number of rotatable bonds is 18. The topological polar surface area (TPSA) is 214 Å². The van der Waals surface area contributed by atoms with Crippen LogP contribution in [0.4, 0.5) is 15.9 Å². The van der Waals surface area contributed by atoms with Gasteiger partial charge in [-0.2, -0.15) is 9.97 Å². The lowest BCUT2D eigenvalue weighted by Gasteiger charge is -2.36. The molecule has 0 bridgehead atoms. The van der Waals surface area contributed by atoms with Gasteiger partial charge in [-0.15, -0.1) is 5.10 Å². The van der Waals surface area contributed by atoms with Crippen LogP contribution in [-0.4, -0.2) is 121 Å². The molecule has 1 saturated heterocycles. The van der Waals surface area contributed by atoms with Crippen molar-refractivity contribution in [3.8, 4) is 6.01 Å². The lowest BCUT2D eigenvalue weighted by Crippen LogP contribution is -2.47. The van der Waals surface area contributed by atoms with Crippen LogP contribution < -0.4 is 26.5 Å². The maximum Gasteiger partial charge on any atom is 0.341 e. The number of carboxylic acids is 1. The summed E-state index contributed by atoms with van der Waals surface area (Å²) in [5, 5.41) is 17.8. The highest BCUT2D eigenvalue weighted by molar-refractivity contribution is 5.93. The summed E-state index contributed by atoms with van der Waals surface area (Å²) in [6, 6.07) is 2.91. The summed E-state index contributed by atoms with van der Waals surface area (Å²) < 4.78 is 37.0. The van der Waals surface area contributed by atoms with E-state index in [0.29, 0.717) is 107 Å². The van der Waals surface area contributed by atoms with Gasteiger partial charge in [-0.3, -0.25) is 14.3 Å². The number of pyridine rings is 1. The third-order valence-electron chi connectivity index (χ3n) is 9.09. The van der Waals surface area contributed by atoms with Crippen LogP contribution in [-0.2, 0) is 29.1 Å². The second kappa shape index (κ2) is 17.0. The van der Waals surface area contributed by atoms with Gasteiger partial charge in [-0.25, -0.2) is 18.7 Å². The molecule has 4 N–H and O–H groups in total. The Bertz CT molecular complexity index is 2170. The molecule has 1 aromatic carbocycles. The first-order chi connectivity index (χ1) is 25.7. The number of benzene rings is 1. The molecule has 6 rings (SSSR count). The number of aromatic nitrogens is 8. The minimum atomic E-state index is -1.33. The molecular weight excluding hydrogens is 693 g/mol. The molecule has 0 saturated carbocycles. The van der Waals surface area contributed by atoms with E-state index in [2.05, 4.69) is 30.2 Å². The summed E-state index contributed by atoms with van der Waals surface area (Å²) in [4.78, 5) is 52.3. The van der Waals surface area contributed by atoms with Gasteiger partial charge in [0, 0.05) is 50.9 Å². The Kier molecular flexibility index (Phi) is 12.0. The minimum absolute atomic E-state index is 0.0577. The van der Waals surface area contributed by atoms with Gasteiger partial charge >= 0.3 is 17.7 Å². The molecule has 5 aromatic rings. The number of fused-ring (bicyclic) bond motifs is 2. The van der Waals surface area contributed by atoms with Gasteiger partial charge in [-0.05, 0) is 25.5 Å². The Morgan fingerprint density at radius 3 is 2.47 bits per heavy atom. The van der Waals surface area contributed by atoms with Crippen LogP contribution in [0.15, 0.2) is 34.1 Å². The fraction of sp³-hybridized carbons (Fsp3) is 0.500. The van der Waals surface area contributed by atoms with E-state index in [-0.39, 0.29) is 29.3 Å². The normalized spacial score (nSPS) is 13.8. The monoisotopic (exact) mass is 737 g/mol. The molecule has 18 nitrogen and oxygen atoms in total. The third kappa shape index (κ3) is 8.64.